The summed E-state index contributed by atoms with van der Waals surface area (Å²) in [6, 6.07) is 16.2. The normalized spacial score (nSPS) is 18.2. The minimum Gasteiger partial charge on any atom is -0.392 e. The van der Waals surface area contributed by atoms with E-state index in [9.17, 15) is 5.11 Å². The summed E-state index contributed by atoms with van der Waals surface area (Å²) in [7, 11) is 0. The monoisotopic (exact) mass is 336 g/mol. The maximum Gasteiger partial charge on any atom is 0.128 e. The van der Waals surface area contributed by atoms with Crippen LogP contribution in [0.4, 0.5) is 11.4 Å². The SMILES string of the molecule is OCc1ccccc1CNC1=Nc2ccccc2NC12CCNCC2. The smallest absolute Gasteiger partial charge is 0.128 e. The number of fused-ring (bicyclic) bond motifs is 1. The van der Waals surface area contributed by atoms with E-state index in [0.717, 1.165) is 54.3 Å². The number of hydrogen-bond acceptors (Lipinski definition) is 5. The zero-order valence-corrected chi connectivity index (χ0v) is 14.3. The first-order chi connectivity index (χ1) is 12.3. The van der Waals surface area contributed by atoms with Gasteiger partial charge in [0.2, 0.25) is 0 Å². The lowest BCUT2D eigenvalue weighted by atomic mass is 9.85. The van der Waals surface area contributed by atoms with E-state index < -0.39 is 0 Å². The molecule has 0 aliphatic carbocycles. The van der Waals surface area contributed by atoms with E-state index in [-0.39, 0.29) is 12.1 Å². The Morgan fingerprint density at radius 3 is 2.52 bits per heavy atom. The Balaban J connectivity index is 1.63. The van der Waals surface area contributed by atoms with Gasteiger partial charge < -0.3 is 21.1 Å². The quantitative estimate of drug-likeness (QED) is 0.695. The molecule has 4 N–H and O–H groups in total. The lowest BCUT2D eigenvalue weighted by Gasteiger charge is -2.43. The average molecular weight is 336 g/mol. The predicted octanol–water partition coefficient (Wildman–Crippen LogP) is 2.55. The summed E-state index contributed by atoms with van der Waals surface area (Å²) in [6.07, 6.45) is 1.99. The fourth-order valence-corrected chi connectivity index (χ4v) is 3.71. The molecule has 25 heavy (non-hydrogen) atoms. The molecule has 2 heterocycles. The summed E-state index contributed by atoms with van der Waals surface area (Å²) in [5.41, 5.74) is 4.00. The van der Waals surface area contributed by atoms with Crippen LogP contribution in [0.3, 0.4) is 0 Å². The molecular weight excluding hydrogens is 312 g/mol. The number of amidine groups is 1. The zero-order valence-electron chi connectivity index (χ0n) is 14.3. The van der Waals surface area contributed by atoms with Crippen LogP contribution in [-0.4, -0.2) is 29.6 Å². The summed E-state index contributed by atoms with van der Waals surface area (Å²) in [4.78, 5) is 4.95. The van der Waals surface area contributed by atoms with Crippen molar-refractivity contribution in [2.75, 3.05) is 18.4 Å². The molecule has 0 bridgehead atoms. The lowest BCUT2D eigenvalue weighted by molar-refractivity contribution is 0.280. The Morgan fingerprint density at radius 1 is 1.00 bits per heavy atom. The maximum atomic E-state index is 9.55. The van der Waals surface area contributed by atoms with Gasteiger partial charge in [0.05, 0.1) is 23.5 Å². The molecule has 1 spiro atoms. The molecule has 0 unspecified atom stereocenters. The Morgan fingerprint density at radius 2 is 1.72 bits per heavy atom. The molecule has 1 fully saturated rings. The highest BCUT2D eigenvalue weighted by Crippen LogP contribution is 2.36. The van der Waals surface area contributed by atoms with Crippen LogP contribution in [0.25, 0.3) is 0 Å². The second kappa shape index (κ2) is 6.86. The van der Waals surface area contributed by atoms with E-state index in [2.05, 4.69) is 28.1 Å². The molecular formula is C20H24N4O. The molecule has 0 amide bonds. The van der Waals surface area contributed by atoms with Crippen molar-refractivity contribution in [2.24, 2.45) is 4.99 Å². The van der Waals surface area contributed by atoms with Gasteiger partial charge in [0.15, 0.2) is 0 Å². The Hall–Kier alpha value is -2.37. The van der Waals surface area contributed by atoms with Gasteiger partial charge in [-0.1, -0.05) is 36.4 Å². The van der Waals surface area contributed by atoms with Crippen LogP contribution >= 0.6 is 0 Å². The molecule has 1 saturated heterocycles. The first kappa shape index (κ1) is 16.1. The van der Waals surface area contributed by atoms with Crippen molar-refractivity contribution in [3.05, 3.63) is 59.7 Å². The average Bonchev–Trinajstić information content (AvgIpc) is 2.67. The molecule has 130 valence electrons. The van der Waals surface area contributed by atoms with Crippen molar-refractivity contribution in [3.63, 3.8) is 0 Å². The van der Waals surface area contributed by atoms with Gasteiger partial charge in [-0.3, -0.25) is 0 Å². The number of piperidine rings is 1. The number of aliphatic imine (C=N–C) groups is 1. The summed E-state index contributed by atoms with van der Waals surface area (Å²) < 4.78 is 0. The number of para-hydroxylation sites is 2. The van der Waals surface area contributed by atoms with Crippen molar-refractivity contribution in [2.45, 2.75) is 31.5 Å². The molecule has 2 aromatic carbocycles. The predicted molar refractivity (Wildman–Crippen MR) is 101 cm³/mol. The Kier molecular flexibility index (Phi) is 4.42. The zero-order chi connectivity index (χ0) is 17.1. The van der Waals surface area contributed by atoms with Crippen molar-refractivity contribution < 1.29 is 5.11 Å². The van der Waals surface area contributed by atoms with Gasteiger partial charge in [-0.25, -0.2) is 4.99 Å². The highest BCUT2D eigenvalue weighted by atomic mass is 16.3. The van der Waals surface area contributed by atoms with E-state index in [0.29, 0.717) is 6.54 Å². The van der Waals surface area contributed by atoms with Gasteiger partial charge in [0.1, 0.15) is 5.84 Å². The highest BCUT2D eigenvalue weighted by Gasteiger charge is 2.40. The Labute approximate surface area is 148 Å². The number of aliphatic hydroxyl groups excluding tert-OH is 1. The maximum absolute atomic E-state index is 9.55. The first-order valence-corrected chi connectivity index (χ1v) is 8.89. The van der Waals surface area contributed by atoms with Crippen molar-refractivity contribution >= 4 is 17.2 Å². The van der Waals surface area contributed by atoms with Crippen LogP contribution < -0.4 is 16.0 Å². The lowest BCUT2D eigenvalue weighted by Crippen LogP contribution is -2.58. The number of hydrogen-bond donors (Lipinski definition) is 4. The van der Waals surface area contributed by atoms with Gasteiger partial charge in [0.25, 0.3) is 0 Å². The highest BCUT2D eigenvalue weighted by molar-refractivity contribution is 6.00. The minimum absolute atomic E-state index is 0.0560. The second-order valence-electron chi connectivity index (χ2n) is 6.72. The van der Waals surface area contributed by atoms with E-state index in [4.69, 9.17) is 4.99 Å². The summed E-state index contributed by atoms with van der Waals surface area (Å²) in [5, 5.41) is 20.3. The molecule has 0 atom stereocenters. The first-order valence-electron chi connectivity index (χ1n) is 8.89. The van der Waals surface area contributed by atoms with Crippen molar-refractivity contribution in [1.29, 1.82) is 0 Å². The number of nitrogens with one attached hydrogen (secondary N) is 3. The van der Waals surface area contributed by atoms with E-state index in [1.54, 1.807) is 0 Å². The number of rotatable bonds is 3. The van der Waals surface area contributed by atoms with Gasteiger partial charge >= 0.3 is 0 Å². The van der Waals surface area contributed by atoms with Crippen LogP contribution in [-0.2, 0) is 13.2 Å². The summed E-state index contributed by atoms with van der Waals surface area (Å²) in [6.45, 7) is 2.67. The van der Waals surface area contributed by atoms with Gasteiger partial charge in [0, 0.05) is 6.54 Å². The number of aliphatic hydroxyl groups is 1. The van der Waals surface area contributed by atoms with Crippen LogP contribution in [0.2, 0.25) is 0 Å². The Bertz CT molecular complexity index is 781. The molecule has 2 aliphatic rings. The molecule has 4 rings (SSSR count). The van der Waals surface area contributed by atoms with Gasteiger partial charge in [-0.2, -0.15) is 0 Å². The fraction of sp³-hybridized carbons (Fsp3) is 0.350. The van der Waals surface area contributed by atoms with Crippen LogP contribution in [0.15, 0.2) is 53.5 Å². The molecule has 5 heteroatoms. The molecule has 0 radical (unpaired) electrons. The van der Waals surface area contributed by atoms with Gasteiger partial charge in [-0.15, -0.1) is 0 Å². The molecule has 5 nitrogen and oxygen atoms in total. The van der Waals surface area contributed by atoms with E-state index in [1.807, 2.05) is 36.4 Å². The van der Waals surface area contributed by atoms with Crippen molar-refractivity contribution in [1.82, 2.24) is 10.6 Å². The summed E-state index contributed by atoms with van der Waals surface area (Å²) in [5.74, 6) is 1.00. The topological polar surface area (TPSA) is 68.7 Å². The second-order valence-corrected chi connectivity index (χ2v) is 6.72. The number of nitrogens with zero attached hydrogens (tertiary/aromatic N) is 1. The number of anilines is 1. The third-order valence-electron chi connectivity index (χ3n) is 5.16. The molecule has 2 aromatic rings. The third-order valence-corrected chi connectivity index (χ3v) is 5.16. The molecule has 2 aliphatic heterocycles. The van der Waals surface area contributed by atoms with Gasteiger partial charge in [-0.05, 0) is 49.2 Å². The third kappa shape index (κ3) is 3.13. The fourth-order valence-electron chi connectivity index (χ4n) is 3.71. The van der Waals surface area contributed by atoms with Crippen LogP contribution in [0, 0.1) is 0 Å². The van der Waals surface area contributed by atoms with Crippen LogP contribution in [0.5, 0.6) is 0 Å². The largest absolute Gasteiger partial charge is 0.392 e. The summed E-state index contributed by atoms with van der Waals surface area (Å²) >= 11 is 0. The molecule has 0 saturated carbocycles. The molecule has 0 aromatic heterocycles. The van der Waals surface area contributed by atoms with E-state index in [1.165, 1.54) is 0 Å². The minimum atomic E-state index is -0.145. The van der Waals surface area contributed by atoms with E-state index >= 15 is 0 Å². The van der Waals surface area contributed by atoms with Crippen molar-refractivity contribution in [3.8, 4) is 0 Å². The standard InChI is InChI=1S/C20H24N4O/c25-14-16-6-2-1-5-15(16)13-22-19-20(9-11-21-12-10-20)24-18-8-4-3-7-17(18)23-19/h1-8,21,24-25H,9-14H2,(H,22,23). The number of benzene rings is 2. The van der Waals surface area contributed by atoms with Crippen LogP contribution in [0.1, 0.15) is 24.0 Å².